The van der Waals surface area contributed by atoms with Crippen molar-refractivity contribution in [3.63, 3.8) is 0 Å². The summed E-state index contributed by atoms with van der Waals surface area (Å²) in [4.78, 5) is 14.3. The zero-order valence-corrected chi connectivity index (χ0v) is 18.6. The van der Waals surface area contributed by atoms with Gasteiger partial charge in [-0.25, -0.2) is 0 Å². The smallest absolute Gasteiger partial charge is 0.227 e. The van der Waals surface area contributed by atoms with Gasteiger partial charge in [-0.1, -0.05) is 42.3 Å². The summed E-state index contributed by atoms with van der Waals surface area (Å²) in [5.41, 5.74) is 1.93. The number of hydrogen-bond donors (Lipinski definition) is 0. The van der Waals surface area contributed by atoms with Crippen molar-refractivity contribution in [2.24, 2.45) is 0 Å². The molecule has 4 rings (SSSR count). The number of halogens is 1. The van der Waals surface area contributed by atoms with E-state index in [1.165, 1.54) is 0 Å². The lowest BCUT2D eigenvalue weighted by Crippen LogP contribution is -2.35. The molecule has 31 heavy (non-hydrogen) atoms. The Balaban J connectivity index is 1.37. The van der Waals surface area contributed by atoms with Gasteiger partial charge in [-0.3, -0.25) is 4.79 Å². The summed E-state index contributed by atoms with van der Waals surface area (Å²) in [5.74, 6) is 1.94. The van der Waals surface area contributed by atoms with E-state index in [4.69, 9.17) is 20.8 Å². The number of rotatable bonds is 8. The van der Waals surface area contributed by atoms with Crippen LogP contribution in [-0.2, 0) is 23.2 Å². The van der Waals surface area contributed by atoms with Crippen molar-refractivity contribution in [1.29, 1.82) is 0 Å². The number of amides is 1. The van der Waals surface area contributed by atoms with Crippen LogP contribution in [0.4, 0.5) is 0 Å². The first-order valence-electron chi connectivity index (χ1n) is 10.5. The van der Waals surface area contributed by atoms with E-state index in [1.807, 2.05) is 48.5 Å². The zero-order chi connectivity index (χ0) is 21.8. The van der Waals surface area contributed by atoms with Crippen LogP contribution in [0.5, 0.6) is 5.75 Å². The second-order valence-electron chi connectivity index (χ2n) is 8.04. The average molecular weight is 440 g/mol. The fourth-order valence-corrected chi connectivity index (χ4v) is 4.14. The molecule has 0 radical (unpaired) electrons. The van der Waals surface area contributed by atoms with Crippen molar-refractivity contribution in [3.05, 3.63) is 76.5 Å². The van der Waals surface area contributed by atoms with Crippen molar-refractivity contribution in [2.45, 2.75) is 44.1 Å². The van der Waals surface area contributed by atoms with Gasteiger partial charge in [0, 0.05) is 31.5 Å². The Hall–Kier alpha value is -2.86. The van der Waals surface area contributed by atoms with Crippen LogP contribution < -0.4 is 4.74 Å². The van der Waals surface area contributed by atoms with Gasteiger partial charge in [0.05, 0.1) is 12.5 Å². The van der Waals surface area contributed by atoms with E-state index in [2.05, 4.69) is 10.2 Å². The SMILES string of the molecule is COc1cccc(CN(C)C(=O)CCc2nnc(C3(c4ccc(Cl)cc4)CCC3)o2)c1. The number of carbonyl (C=O) groups is 1. The van der Waals surface area contributed by atoms with Gasteiger partial charge in [-0.2, -0.15) is 0 Å². The van der Waals surface area contributed by atoms with E-state index in [0.29, 0.717) is 36.2 Å². The molecule has 3 aromatic rings. The largest absolute Gasteiger partial charge is 0.497 e. The fourth-order valence-electron chi connectivity index (χ4n) is 4.01. The van der Waals surface area contributed by atoms with Crippen LogP contribution in [0.15, 0.2) is 52.9 Å². The predicted molar refractivity (Wildman–Crippen MR) is 118 cm³/mol. The van der Waals surface area contributed by atoms with Crippen LogP contribution in [0.1, 0.15) is 48.6 Å². The third-order valence-electron chi connectivity index (χ3n) is 6.01. The van der Waals surface area contributed by atoms with Crippen molar-refractivity contribution in [3.8, 4) is 5.75 Å². The molecule has 0 bridgehead atoms. The van der Waals surface area contributed by atoms with Gasteiger partial charge in [-0.15, -0.1) is 10.2 Å². The molecule has 162 valence electrons. The number of benzene rings is 2. The molecule has 7 heteroatoms. The number of aromatic nitrogens is 2. The van der Waals surface area contributed by atoms with Gasteiger partial charge >= 0.3 is 0 Å². The minimum Gasteiger partial charge on any atom is -0.497 e. The van der Waals surface area contributed by atoms with Crippen LogP contribution in [0.3, 0.4) is 0 Å². The van der Waals surface area contributed by atoms with Gasteiger partial charge in [-0.05, 0) is 48.2 Å². The van der Waals surface area contributed by atoms with Gasteiger partial charge in [0.1, 0.15) is 5.75 Å². The van der Waals surface area contributed by atoms with Crippen molar-refractivity contribution < 1.29 is 13.9 Å². The predicted octanol–water partition coefficient (Wildman–Crippen LogP) is 4.79. The van der Waals surface area contributed by atoms with Crippen molar-refractivity contribution in [1.82, 2.24) is 15.1 Å². The van der Waals surface area contributed by atoms with Crippen LogP contribution >= 0.6 is 11.6 Å². The lowest BCUT2D eigenvalue weighted by Gasteiger charge is -2.39. The summed E-state index contributed by atoms with van der Waals surface area (Å²) in [7, 11) is 3.43. The Labute approximate surface area is 187 Å². The molecular formula is C24H26ClN3O3. The number of nitrogens with zero attached hydrogens (tertiary/aromatic N) is 3. The van der Waals surface area contributed by atoms with E-state index in [0.717, 1.165) is 36.1 Å². The first-order valence-corrected chi connectivity index (χ1v) is 10.8. The maximum atomic E-state index is 12.6. The topological polar surface area (TPSA) is 68.5 Å². The van der Waals surface area contributed by atoms with Gasteiger partial charge in [0.25, 0.3) is 0 Å². The first kappa shape index (κ1) is 21.4. The molecule has 1 amide bonds. The molecule has 1 aliphatic rings. The minimum atomic E-state index is -0.233. The summed E-state index contributed by atoms with van der Waals surface area (Å²) in [6, 6.07) is 15.6. The van der Waals surface area contributed by atoms with Gasteiger partial charge in [0.2, 0.25) is 17.7 Å². The Bertz CT molecular complexity index is 1040. The summed E-state index contributed by atoms with van der Waals surface area (Å²) in [6.07, 6.45) is 3.80. The van der Waals surface area contributed by atoms with Crippen LogP contribution in [0.25, 0.3) is 0 Å². The Morgan fingerprint density at radius 2 is 1.97 bits per heavy atom. The molecule has 1 saturated carbocycles. The molecule has 0 saturated heterocycles. The molecule has 0 N–H and O–H groups in total. The summed E-state index contributed by atoms with van der Waals surface area (Å²) in [6.45, 7) is 0.519. The lowest BCUT2D eigenvalue weighted by molar-refractivity contribution is -0.130. The average Bonchev–Trinajstić information content (AvgIpc) is 3.21. The normalized spacial score (nSPS) is 14.7. The van der Waals surface area contributed by atoms with Crippen LogP contribution in [0.2, 0.25) is 5.02 Å². The highest BCUT2D eigenvalue weighted by atomic mass is 35.5. The molecule has 1 aliphatic carbocycles. The second-order valence-corrected chi connectivity index (χ2v) is 8.48. The summed E-state index contributed by atoms with van der Waals surface area (Å²) < 4.78 is 11.3. The molecule has 0 atom stereocenters. The van der Waals surface area contributed by atoms with E-state index >= 15 is 0 Å². The van der Waals surface area contributed by atoms with Gasteiger partial charge in [0.15, 0.2) is 0 Å². The van der Waals surface area contributed by atoms with E-state index in [-0.39, 0.29) is 11.3 Å². The van der Waals surface area contributed by atoms with E-state index in [9.17, 15) is 4.79 Å². The molecule has 0 aliphatic heterocycles. The summed E-state index contributed by atoms with van der Waals surface area (Å²) in [5, 5.41) is 9.25. The minimum absolute atomic E-state index is 0.0265. The third kappa shape index (κ3) is 4.59. The summed E-state index contributed by atoms with van der Waals surface area (Å²) >= 11 is 6.04. The van der Waals surface area contributed by atoms with Crippen molar-refractivity contribution in [2.75, 3.05) is 14.2 Å². The Morgan fingerprint density at radius 3 is 2.65 bits per heavy atom. The standard InChI is InChI=1S/C24H26ClN3O3/c1-28(16-17-5-3-6-20(15-17)30-2)22(29)12-11-21-26-27-23(31-21)24(13-4-14-24)18-7-9-19(25)10-8-18/h3,5-10,15H,4,11-14,16H2,1-2H3. The quantitative estimate of drug-likeness (QED) is 0.504. The molecular weight excluding hydrogens is 414 g/mol. The highest BCUT2D eigenvalue weighted by Gasteiger charge is 2.45. The van der Waals surface area contributed by atoms with Crippen LogP contribution in [-0.4, -0.2) is 35.2 Å². The van der Waals surface area contributed by atoms with E-state index < -0.39 is 0 Å². The molecule has 2 aromatic carbocycles. The third-order valence-corrected chi connectivity index (χ3v) is 6.26. The second kappa shape index (κ2) is 9.10. The number of ether oxygens (including phenoxy) is 1. The lowest BCUT2D eigenvalue weighted by atomic mass is 9.64. The number of methoxy groups -OCH3 is 1. The molecule has 1 fully saturated rings. The van der Waals surface area contributed by atoms with Crippen LogP contribution in [0, 0.1) is 0 Å². The molecule has 1 aromatic heterocycles. The first-order chi connectivity index (χ1) is 15.0. The number of aryl methyl sites for hydroxylation is 1. The van der Waals surface area contributed by atoms with E-state index in [1.54, 1.807) is 19.1 Å². The monoisotopic (exact) mass is 439 g/mol. The molecule has 6 nitrogen and oxygen atoms in total. The Kier molecular flexibility index (Phi) is 6.28. The van der Waals surface area contributed by atoms with Gasteiger partial charge < -0.3 is 14.1 Å². The molecule has 0 spiro atoms. The number of carbonyl (C=O) groups excluding carboxylic acids is 1. The highest BCUT2D eigenvalue weighted by Crippen LogP contribution is 2.48. The maximum Gasteiger partial charge on any atom is 0.227 e. The number of hydrogen-bond acceptors (Lipinski definition) is 5. The Morgan fingerprint density at radius 1 is 1.19 bits per heavy atom. The zero-order valence-electron chi connectivity index (χ0n) is 17.8. The highest BCUT2D eigenvalue weighted by molar-refractivity contribution is 6.30. The maximum absolute atomic E-state index is 12.6. The molecule has 0 unspecified atom stereocenters. The van der Waals surface area contributed by atoms with Crippen molar-refractivity contribution >= 4 is 17.5 Å². The fraction of sp³-hybridized carbons (Fsp3) is 0.375. The molecule has 1 heterocycles.